The van der Waals surface area contributed by atoms with Gasteiger partial charge in [-0.1, -0.05) is 12.2 Å². The number of amides is 3. The molecule has 6 atom stereocenters. The first-order valence-electron chi connectivity index (χ1n) is 8.63. The lowest BCUT2D eigenvalue weighted by atomic mass is 9.63. The van der Waals surface area contributed by atoms with Crippen molar-refractivity contribution in [3.8, 4) is 0 Å². The number of halogens is 1. The molecule has 1 aliphatic heterocycles. The van der Waals surface area contributed by atoms with Crippen molar-refractivity contribution in [3.63, 3.8) is 0 Å². The topological polar surface area (TPSA) is 66.5 Å². The lowest BCUT2D eigenvalue weighted by molar-refractivity contribution is -0.142. The van der Waals surface area contributed by atoms with E-state index in [2.05, 4.69) is 40.1 Å². The first-order chi connectivity index (χ1) is 12.0. The van der Waals surface area contributed by atoms with Gasteiger partial charge < -0.3 is 5.32 Å². The Morgan fingerprint density at radius 2 is 1.60 bits per heavy atom. The molecule has 0 aromatic heterocycles. The number of nitrogens with zero attached hydrogens (tertiary/aromatic N) is 1. The SMILES string of the molecule is O=C(CN1C(=O)[C@H]2[C@@H]3C=C[C@H]([C@H]4C[C@H]34)[C@@H]2C1=O)Nc1ccc(I)cc1. The van der Waals surface area contributed by atoms with Crippen LogP contribution in [0.1, 0.15) is 6.42 Å². The van der Waals surface area contributed by atoms with E-state index in [1.807, 2.05) is 24.3 Å². The second kappa shape index (κ2) is 5.40. The fraction of sp³-hybridized carbons (Fsp3) is 0.421. The summed E-state index contributed by atoms with van der Waals surface area (Å²) in [5.74, 6) is 0.431. The van der Waals surface area contributed by atoms with Gasteiger partial charge in [0.05, 0.1) is 11.8 Å². The van der Waals surface area contributed by atoms with Crippen LogP contribution in [0.3, 0.4) is 0 Å². The zero-order valence-electron chi connectivity index (χ0n) is 13.4. The fourth-order valence-electron chi connectivity index (χ4n) is 5.05. The van der Waals surface area contributed by atoms with Gasteiger partial charge in [0, 0.05) is 9.26 Å². The molecule has 1 saturated heterocycles. The maximum atomic E-state index is 12.8. The molecule has 2 saturated carbocycles. The second-order valence-electron chi connectivity index (χ2n) is 7.47. The molecule has 6 rings (SSSR count). The molecule has 5 nitrogen and oxygen atoms in total. The molecular weight excluding hydrogens is 431 g/mol. The van der Waals surface area contributed by atoms with E-state index in [9.17, 15) is 14.4 Å². The first kappa shape index (κ1) is 15.5. The van der Waals surface area contributed by atoms with Crippen LogP contribution < -0.4 is 5.32 Å². The molecular formula is C19H17IN2O3. The van der Waals surface area contributed by atoms with E-state index in [1.54, 1.807) is 0 Å². The molecule has 6 heteroatoms. The Morgan fingerprint density at radius 3 is 2.16 bits per heavy atom. The van der Waals surface area contributed by atoms with Crippen LogP contribution in [0.4, 0.5) is 5.69 Å². The minimum Gasteiger partial charge on any atom is -0.325 e. The summed E-state index contributed by atoms with van der Waals surface area (Å²) in [4.78, 5) is 39.2. The molecule has 3 fully saturated rings. The molecule has 2 bridgehead atoms. The molecule has 4 aliphatic carbocycles. The van der Waals surface area contributed by atoms with Gasteiger partial charge in [-0.3, -0.25) is 19.3 Å². The van der Waals surface area contributed by atoms with Crippen LogP contribution in [-0.4, -0.2) is 29.2 Å². The molecule has 0 radical (unpaired) electrons. The maximum Gasteiger partial charge on any atom is 0.244 e. The van der Waals surface area contributed by atoms with Crippen molar-refractivity contribution < 1.29 is 14.4 Å². The number of anilines is 1. The van der Waals surface area contributed by atoms with Crippen LogP contribution in [0.25, 0.3) is 0 Å². The van der Waals surface area contributed by atoms with Gasteiger partial charge in [0.1, 0.15) is 6.54 Å². The number of imide groups is 1. The van der Waals surface area contributed by atoms with Gasteiger partial charge in [0.25, 0.3) is 0 Å². The first-order valence-corrected chi connectivity index (χ1v) is 9.71. The molecule has 1 heterocycles. The summed E-state index contributed by atoms with van der Waals surface area (Å²) < 4.78 is 1.08. The number of hydrogen-bond acceptors (Lipinski definition) is 3. The Balaban J connectivity index is 1.32. The predicted octanol–water partition coefficient (Wildman–Crippen LogP) is 2.28. The van der Waals surface area contributed by atoms with Crippen molar-refractivity contribution >= 4 is 46.0 Å². The number of allylic oxidation sites excluding steroid dienone is 2. The van der Waals surface area contributed by atoms with Crippen molar-refractivity contribution in [1.82, 2.24) is 4.90 Å². The third-order valence-electron chi connectivity index (χ3n) is 6.18. The van der Waals surface area contributed by atoms with Crippen LogP contribution in [0.5, 0.6) is 0 Å². The number of nitrogens with one attached hydrogen (secondary N) is 1. The molecule has 128 valence electrons. The van der Waals surface area contributed by atoms with Crippen molar-refractivity contribution in [2.45, 2.75) is 6.42 Å². The largest absolute Gasteiger partial charge is 0.325 e. The number of carbonyl (C=O) groups is 3. The van der Waals surface area contributed by atoms with Crippen LogP contribution in [0.15, 0.2) is 36.4 Å². The third kappa shape index (κ3) is 2.29. The van der Waals surface area contributed by atoms with Crippen molar-refractivity contribution in [2.24, 2.45) is 35.5 Å². The Hall–Kier alpha value is -1.70. The normalized spacial score (nSPS) is 37.1. The van der Waals surface area contributed by atoms with Crippen molar-refractivity contribution in [2.75, 3.05) is 11.9 Å². The summed E-state index contributed by atoms with van der Waals surface area (Å²) in [6.07, 6.45) is 5.42. The summed E-state index contributed by atoms with van der Waals surface area (Å²) in [6.45, 7) is -0.189. The third-order valence-corrected chi connectivity index (χ3v) is 6.90. The highest BCUT2D eigenvalue weighted by molar-refractivity contribution is 14.1. The molecule has 3 amide bonds. The zero-order valence-corrected chi connectivity index (χ0v) is 15.5. The van der Waals surface area contributed by atoms with Crippen molar-refractivity contribution in [1.29, 1.82) is 0 Å². The number of rotatable bonds is 3. The Bertz CT molecular complexity index is 782. The van der Waals surface area contributed by atoms with Crippen LogP contribution in [-0.2, 0) is 14.4 Å². The summed E-state index contributed by atoms with van der Waals surface area (Å²) in [6, 6.07) is 7.41. The van der Waals surface area contributed by atoms with Crippen LogP contribution in [0.2, 0.25) is 0 Å². The van der Waals surface area contributed by atoms with E-state index in [0.29, 0.717) is 17.5 Å². The van der Waals surface area contributed by atoms with Gasteiger partial charge >= 0.3 is 0 Å². The highest BCUT2D eigenvalue weighted by Gasteiger charge is 2.67. The number of hydrogen-bond donors (Lipinski definition) is 1. The Labute approximate surface area is 159 Å². The zero-order chi connectivity index (χ0) is 17.3. The standard InChI is InChI=1S/C19H17IN2O3/c20-9-1-3-10(4-2-9)21-15(23)8-22-18(24)16-11-5-6-12(14-7-13(11)14)17(16)19(22)25/h1-6,11-14,16-17H,7-8H2,(H,21,23)/t11-,12-,13-,14-,16+,17+/m1/s1. The molecule has 1 aromatic rings. The maximum absolute atomic E-state index is 12.8. The summed E-state index contributed by atoms with van der Waals surface area (Å²) in [5, 5.41) is 2.77. The van der Waals surface area contributed by atoms with Gasteiger partial charge in [0.15, 0.2) is 0 Å². The van der Waals surface area contributed by atoms with E-state index in [1.165, 1.54) is 4.90 Å². The van der Waals surface area contributed by atoms with E-state index in [-0.39, 0.29) is 47.9 Å². The minimum absolute atomic E-state index is 0.155. The quantitative estimate of drug-likeness (QED) is 0.439. The van der Waals surface area contributed by atoms with Crippen molar-refractivity contribution in [3.05, 3.63) is 40.0 Å². The van der Waals surface area contributed by atoms with Crippen LogP contribution >= 0.6 is 22.6 Å². The van der Waals surface area contributed by atoms with Gasteiger partial charge in [-0.15, -0.1) is 0 Å². The second-order valence-corrected chi connectivity index (χ2v) is 8.72. The predicted molar refractivity (Wildman–Crippen MR) is 99.2 cm³/mol. The number of likely N-dealkylation sites (tertiary alicyclic amines) is 1. The van der Waals surface area contributed by atoms with Gasteiger partial charge in [-0.2, -0.15) is 0 Å². The van der Waals surface area contributed by atoms with E-state index in [4.69, 9.17) is 0 Å². The summed E-state index contributed by atoms with van der Waals surface area (Å²) in [7, 11) is 0. The number of carbonyl (C=O) groups excluding carboxylic acids is 3. The highest BCUT2D eigenvalue weighted by atomic mass is 127. The summed E-state index contributed by atoms with van der Waals surface area (Å²) >= 11 is 2.19. The fourth-order valence-corrected chi connectivity index (χ4v) is 5.41. The molecule has 0 unspecified atom stereocenters. The molecule has 1 N–H and O–H groups in total. The lowest BCUT2D eigenvalue weighted by Crippen LogP contribution is -2.40. The van der Waals surface area contributed by atoms with E-state index < -0.39 is 0 Å². The summed E-state index contributed by atoms with van der Waals surface area (Å²) in [5.41, 5.74) is 0.671. The average molecular weight is 448 g/mol. The molecule has 5 aliphatic rings. The number of benzene rings is 1. The molecule has 0 spiro atoms. The highest BCUT2D eigenvalue weighted by Crippen LogP contribution is 2.65. The molecule has 25 heavy (non-hydrogen) atoms. The van der Waals surface area contributed by atoms with Gasteiger partial charge in [0.2, 0.25) is 17.7 Å². The lowest BCUT2D eigenvalue weighted by Gasteiger charge is -2.37. The average Bonchev–Trinajstić information content (AvgIpc) is 3.38. The Morgan fingerprint density at radius 1 is 1.04 bits per heavy atom. The van der Waals surface area contributed by atoms with Crippen LogP contribution in [0, 0.1) is 39.1 Å². The van der Waals surface area contributed by atoms with Gasteiger partial charge in [-0.25, -0.2) is 0 Å². The van der Waals surface area contributed by atoms with E-state index in [0.717, 1.165) is 9.99 Å². The minimum atomic E-state index is -0.327. The molecule has 1 aromatic carbocycles. The van der Waals surface area contributed by atoms with E-state index >= 15 is 0 Å². The van der Waals surface area contributed by atoms with Gasteiger partial charge in [-0.05, 0) is 76.9 Å². The monoisotopic (exact) mass is 448 g/mol. The smallest absolute Gasteiger partial charge is 0.244 e. The Kier molecular flexibility index (Phi) is 3.36.